The van der Waals surface area contributed by atoms with Crippen LogP contribution in [0.1, 0.15) is 33.4 Å². The lowest BCUT2D eigenvalue weighted by molar-refractivity contribution is 0.723. The lowest BCUT2D eigenvalue weighted by Gasteiger charge is -2.39. The monoisotopic (exact) mass is 794 g/mol. The normalized spacial score (nSPS) is 13.0. The fourth-order valence-electron chi connectivity index (χ4n) is 9.64. The molecule has 0 N–H and O–H groups in total. The summed E-state index contributed by atoms with van der Waals surface area (Å²) in [5.41, 5.74) is 12.2. The van der Waals surface area contributed by atoms with Gasteiger partial charge in [-0.05, 0) is 75.8 Å². The van der Waals surface area contributed by atoms with Gasteiger partial charge in [-0.25, -0.2) is 15.0 Å². The lowest BCUT2D eigenvalue weighted by Crippen LogP contribution is -2.31. The molecule has 0 radical (unpaired) electrons. The average molecular weight is 795 g/mol. The molecule has 2 aliphatic rings. The Morgan fingerprint density at radius 2 is 0.984 bits per heavy atom. The van der Waals surface area contributed by atoms with E-state index in [1.807, 2.05) is 84.6 Å². The van der Waals surface area contributed by atoms with Gasteiger partial charge in [-0.3, -0.25) is 0 Å². The second-order valence-corrected chi connectivity index (χ2v) is 16.4. The Morgan fingerprint density at radius 3 is 1.64 bits per heavy atom. The Hall–Kier alpha value is -8.10. The summed E-state index contributed by atoms with van der Waals surface area (Å²) in [5.74, 6) is 1.28. The van der Waals surface area contributed by atoms with Gasteiger partial charge in [0.25, 0.3) is 0 Å². The Balaban J connectivity index is 1.12. The van der Waals surface area contributed by atoms with Crippen molar-refractivity contribution >= 4 is 33.6 Å². The van der Waals surface area contributed by atoms with Crippen molar-refractivity contribution < 1.29 is 0 Å². The number of aromatic nitrogens is 4. The van der Waals surface area contributed by atoms with Gasteiger partial charge in [-0.1, -0.05) is 151 Å². The van der Waals surface area contributed by atoms with Crippen LogP contribution in [0, 0.1) is 22.7 Å². The molecule has 10 aromatic rings. The number of nitriles is 2. The molecule has 282 valence electrons. The maximum absolute atomic E-state index is 11.0. The third-order valence-corrected chi connectivity index (χ3v) is 13.3. The van der Waals surface area contributed by atoms with Gasteiger partial charge in [-0.2, -0.15) is 10.5 Å². The van der Waals surface area contributed by atoms with Crippen molar-refractivity contribution in [2.75, 3.05) is 0 Å². The van der Waals surface area contributed by atoms with Crippen LogP contribution in [0.5, 0.6) is 0 Å². The van der Waals surface area contributed by atoms with Crippen LogP contribution in [0.4, 0.5) is 0 Å². The summed E-state index contributed by atoms with van der Waals surface area (Å²) in [6.45, 7) is 0. The Morgan fingerprint density at radius 1 is 0.426 bits per heavy atom. The van der Waals surface area contributed by atoms with E-state index in [0.717, 1.165) is 38.5 Å². The molecule has 7 heteroatoms. The zero-order valence-corrected chi connectivity index (χ0v) is 33.2. The van der Waals surface area contributed by atoms with E-state index in [4.69, 9.17) is 15.0 Å². The maximum Gasteiger partial charge on any atom is 0.165 e. The second-order valence-electron chi connectivity index (χ2n) is 15.3. The quantitative estimate of drug-likeness (QED) is 0.176. The van der Waals surface area contributed by atoms with E-state index in [-0.39, 0.29) is 0 Å². The Bertz CT molecular complexity index is 3440. The van der Waals surface area contributed by atoms with E-state index < -0.39 is 5.41 Å². The highest BCUT2D eigenvalue weighted by molar-refractivity contribution is 7.99. The Labute approximate surface area is 355 Å². The molecular weight excluding hydrogens is 765 g/mol. The summed E-state index contributed by atoms with van der Waals surface area (Å²) in [7, 11) is 0. The number of benzene rings is 8. The van der Waals surface area contributed by atoms with E-state index in [9.17, 15) is 10.5 Å². The smallest absolute Gasteiger partial charge is 0.165 e. The van der Waals surface area contributed by atoms with Crippen LogP contribution in [-0.4, -0.2) is 19.5 Å². The number of hydrogen-bond acceptors (Lipinski definition) is 6. The van der Waals surface area contributed by atoms with Crippen LogP contribution in [0.2, 0.25) is 0 Å². The molecule has 0 atom stereocenters. The van der Waals surface area contributed by atoms with Crippen molar-refractivity contribution in [2.24, 2.45) is 0 Å². The number of nitrogens with zero attached hydrogens (tertiary/aromatic N) is 6. The average Bonchev–Trinajstić information content (AvgIpc) is 3.80. The molecule has 0 saturated carbocycles. The standard InChI is InChI=1S/C54H30N6S/c55-31-35-28-47(36(32-56)27-39(35)53-58-51(33-15-3-1-4-16-33)57-52(59-53)34-17-5-2-6-18-34)60-46-24-12-8-20-38(46)41-29-45-40(30-48(41)60)37-19-7-9-21-42(37)54(45)43-22-10-13-25-49(43)61-50-26-14-11-23-44(50)54/h1-30H. The minimum atomic E-state index is -0.531. The first-order valence-electron chi connectivity index (χ1n) is 20.1. The van der Waals surface area contributed by atoms with Gasteiger partial charge in [0.15, 0.2) is 17.5 Å². The lowest BCUT2D eigenvalue weighted by atomic mass is 9.67. The van der Waals surface area contributed by atoms with Crippen molar-refractivity contribution in [1.82, 2.24) is 19.5 Å². The number of para-hydroxylation sites is 1. The highest BCUT2D eigenvalue weighted by atomic mass is 32.2. The molecule has 1 aliphatic carbocycles. The van der Waals surface area contributed by atoms with Gasteiger partial charge in [-0.15, -0.1) is 0 Å². The summed E-state index contributed by atoms with van der Waals surface area (Å²) < 4.78 is 2.15. The summed E-state index contributed by atoms with van der Waals surface area (Å²) in [5, 5.41) is 24.0. The topological polar surface area (TPSA) is 91.2 Å². The molecule has 61 heavy (non-hydrogen) atoms. The molecular formula is C54H30N6S. The summed E-state index contributed by atoms with van der Waals surface area (Å²) in [4.78, 5) is 17.2. The zero-order chi connectivity index (χ0) is 40.7. The molecule has 2 aromatic heterocycles. The summed E-state index contributed by atoms with van der Waals surface area (Å²) >= 11 is 1.83. The SMILES string of the molecule is N#Cc1cc(-n2c3ccccc3c3cc4c(cc32)-c2ccccc2C42c3ccccc3Sc3ccccc32)c(C#N)cc1-c1nc(-c2ccccc2)nc(-c2ccccc2)n1. The molecule has 6 nitrogen and oxygen atoms in total. The van der Waals surface area contributed by atoms with Crippen molar-refractivity contribution in [1.29, 1.82) is 10.5 Å². The van der Waals surface area contributed by atoms with E-state index in [0.29, 0.717) is 39.9 Å². The molecule has 0 saturated heterocycles. The third kappa shape index (κ3) is 5.05. The third-order valence-electron chi connectivity index (χ3n) is 12.2. The van der Waals surface area contributed by atoms with E-state index >= 15 is 0 Å². The van der Waals surface area contributed by atoms with Crippen LogP contribution in [0.3, 0.4) is 0 Å². The highest BCUT2D eigenvalue weighted by Gasteiger charge is 2.50. The Kier molecular flexibility index (Phi) is 7.71. The van der Waals surface area contributed by atoms with Gasteiger partial charge in [0.1, 0.15) is 6.07 Å². The van der Waals surface area contributed by atoms with Crippen LogP contribution in [-0.2, 0) is 5.41 Å². The summed E-state index contributed by atoms with van der Waals surface area (Å²) in [6, 6.07) is 67.5. The first kappa shape index (κ1) is 34.9. The van der Waals surface area contributed by atoms with Gasteiger partial charge in [0, 0.05) is 37.3 Å². The van der Waals surface area contributed by atoms with E-state index in [1.54, 1.807) is 6.07 Å². The molecule has 0 unspecified atom stereocenters. The van der Waals surface area contributed by atoms with Crippen LogP contribution in [0.15, 0.2) is 192 Å². The first-order valence-corrected chi connectivity index (χ1v) is 20.9. The number of hydrogen-bond donors (Lipinski definition) is 0. The van der Waals surface area contributed by atoms with Gasteiger partial charge in [0.05, 0.1) is 39.3 Å². The molecule has 0 bridgehead atoms. The summed E-state index contributed by atoms with van der Waals surface area (Å²) in [6.07, 6.45) is 0. The maximum atomic E-state index is 11.0. The number of fused-ring (bicyclic) bond motifs is 12. The fraction of sp³-hybridized carbons (Fsp3) is 0.0185. The zero-order valence-electron chi connectivity index (χ0n) is 32.4. The van der Waals surface area contributed by atoms with Crippen molar-refractivity contribution in [3.8, 4) is 63.1 Å². The fourth-order valence-corrected chi connectivity index (χ4v) is 10.8. The molecule has 1 aliphatic heterocycles. The van der Waals surface area contributed by atoms with Crippen molar-refractivity contribution in [3.63, 3.8) is 0 Å². The van der Waals surface area contributed by atoms with Crippen LogP contribution >= 0.6 is 11.8 Å². The minimum Gasteiger partial charge on any atom is -0.308 e. The number of rotatable bonds is 4. The molecule has 0 fully saturated rings. The second kappa shape index (κ2) is 13.5. The van der Waals surface area contributed by atoms with Gasteiger partial charge < -0.3 is 4.57 Å². The van der Waals surface area contributed by atoms with Gasteiger partial charge >= 0.3 is 0 Å². The van der Waals surface area contributed by atoms with E-state index in [1.165, 1.54) is 37.6 Å². The van der Waals surface area contributed by atoms with Gasteiger partial charge in [0.2, 0.25) is 0 Å². The largest absolute Gasteiger partial charge is 0.308 e. The van der Waals surface area contributed by atoms with Crippen LogP contribution < -0.4 is 0 Å². The minimum absolute atomic E-state index is 0.320. The highest BCUT2D eigenvalue weighted by Crippen LogP contribution is 2.62. The molecule has 0 amide bonds. The molecule has 1 spiro atoms. The molecule has 12 rings (SSSR count). The molecule has 8 aromatic carbocycles. The van der Waals surface area contributed by atoms with Crippen LogP contribution in [0.25, 0.3) is 72.8 Å². The predicted molar refractivity (Wildman–Crippen MR) is 241 cm³/mol. The molecule has 3 heterocycles. The predicted octanol–water partition coefficient (Wildman–Crippen LogP) is 12.5. The van der Waals surface area contributed by atoms with Crippen molar-refractivity contribution in [3.05, 3.63) is 215 Å². The van der Waals surface area contributed by atoms with Crippen molar-refractivity contribution in [2.45, 2.75) is 15.2 Å². The first-order chi connectivity index (χ1) is 30.1. The van der Waals surface area contributed by atoms with E-state index in [2.05, 4.69) is 120 Å².